The zero-order valence-corrected chi connectivity index (χ0v) is 7.96. The summed E-state index contributed by atoms with van der Waals surface area (Å²) in [5.74, 6) is 4.63. The number of carbonyl (C=O) groups is 1. The SMILES string of the molecule is N#CCc1ccc(F)c(C#CCC=O)c1. The lowest BCUT2D eigenvalue weighted by atomic mass is 10.1. The van der Waals surface area contributed by atoms with E-state index in [0.29, 0.717) is 11.8 Å². The van der Waals surface area contributed by atoms with Gasteiger partial charge < -0.3 is 4.79 Å². The van der Waals surface area contributed by atoms with Crippen LogP contribution < -0.4 is 0 Å². The first-order valence-corrected chi connectivity index (χ1v) is 4.36. The van der Waals surface area contributed by atoms with E-state index >= 15 is 0 Å². The Balaban J connectivity index is 2.97. The van der Waals surface area contributed by atoms with E-state index in [2.05, 4.69) is 11.8 Å². The second-order valence-corrected chi connectivity index (χ2v) is 2.82. The number of halogens is 1. The molecule has 0 amide bonds. The summed E-state index contributed by atoms with van der Waals surface area (Å²) < 4.78 is 13.2. The van der Waals surface area contributed by atoms with Crippen LogP contribution in [0.3, 0.4) is 0 Å². The molecular weight excluding hydrogens is 193 g/mol. The molecule has 74 valence electrons. The average Bonchev–Trinajstić information content (AvgIpc) is 2.23. The average molecular weight is 201 g/mol. The lowest BCUT2D eigenvalue weighted by Crippen LogP contribution is -1.88. The molecule has 0 aromatic heterocycles. The molecular formula is C12H8FNO. The maximum absolute atomic E-state index is 13.2. The molecule has 1 rings (SSSR count). The molecule has 0 saturated carbocycles. The second kappa shape index (κ2) is 5.57. The van der Waals surface area contributed by atoms with Crippen molar-refractivity contribution in [3.63, 3.8) is 0 Å². The summed E-state index contributed by atoms with van der Waals surface area (Å²) in [5.41, 5.74) is 0.943. The highest BCUT2D eigenvalue weighted by molar-refractivity contribution is 5.55. The Labute approximate surface area is 87.3 Å². The quantitative estimate of drug-likeness (QED) is 0.541. The van der Waals surface area contributed by atoms with Crippen molar-refractivity contribution in [2.24, 2.45) is 0 Å². The fourth-order valence-electron chi connectivity index (χ4n) is 1.06. The largest absolute Gasteiger partial charge is 0.302 e. The third kappa shape index (κ3) is 3.25. The molecule has 0 N–H and O–H groups in total. The van der Waals surface area contributed by atoms with E-state index in [9.17, 15) is 9.18 Å². The van der Waals surface area contributed by atoms with E-state index in [1.165, 1.54) is 12.1 Å². The molecule has 3 heteroatoms. The van der Waals surface area contributed by atoms with Gasteiger partial charge in [-0.1, -0.05) is 17.9 Å². The zero-order valence-electron chi connectivity index (χ0n) is 7.96. The van der Waals surface area contributed by atoms with Gasteiger partial charge in [0.2, 0.25) is 0 Å². The van der Waals surface area contributed by atoms with Crippen molar-refractivity contribution < 1.29 is 9.18 Å². The molecule has 0 atom stereocenters. The lowest BCUT2D eigenvalue weighted by molar-refractivity contribution is -0.107. The number of benzene rings is 1. The van der Waals surface area contributed by atoms with E-state index < -0.39 is 5.82 Å². The minimum Gasteiger partial charge on any atom is -0.302 e. The Bertz CT molecular complexity index is 463. The summed E-state index contributed by atoms with van der Waals surface area (Å²) in [6, 6.07) is 6.32. The van der Waals surface area contributed by atoms with Gasteiger partial charge >= 0.3 is 0 Å². The Hall–Kier alpha value is -2.13. The third-order valence-corrected chi connectivity index (χ3v) is 1.72. The first-order valence-electron chi connectivity index (χ1n) is 4.36. The van der Waals surface area contributed by atoms with Crippen molar-refractivity contribution in [1.82, 2.24) is 0 Å². The molecule has 15 heavy (non-hydrogen) atoms. The standard InChI is InChI=1S/C12H8FNO/c13-12-5-4-10(6-7-14)9-11(12)3-1-2-8-15/h4-5,8-9H,2,6H2. The predicted octanol–water partition coefficient (Wildman–Crippen LogP) is 1.83. The van der Waals surface area contributed by atoms with Crippen molar-refractivity contribution in [3.8, 4) is 17.9 Å². The molecule has 1 aromatic rings. The molecule has 0 aliphatic rings. The van der Waals surface area contributed by atoms with Crippen LogP contribution in [0.5, 0.6) is 0 Å². The van der Waals surface area contributed by atoms with Crippen LogP contribution in [0, 0.1) is 29.0 Å². The van der Waals surface area contributed by atoms with Crippen LogP contribution in [0.25, 0.3) is 0 Å². The summed E-state index contributed by atoms with van der Waals surface area (Å²) in [6.45, 7) is 0. The third-order valence-electron chi connectivity index (χ3n) is 1.72. The lowest BCUT2D eigenvalue weighted by Gasteiger charge is -1.97. The number of nitrogens with zero attached hydrogens (tertiary/aromatic N) is 1. The van der Waals surface area contributed by atoms with Gasteiger partial charge in [0.15, 0.2) is 0 Å². The molecule has 0 fully saturated rings. The van der Waals surface area contributed by atoms with Gasteiger partial charge in [0, 0.05) is 0 Å². The van der Waals surface area contributed by atoms with Gasteiger partial charge in [0.25, 0.3) is 0 Å². The summed E-state index contributed by atoms with van der Waals surface area (Å²) >= 11 is 0. The van der Waals surface area contributed by atoms with Gasteiger partial charge in [-0.25, -0.2) is 4.39 Å². The summed E-state index contributed by atoms with van der Waals surface area (Å²) in [6.07, 6.45) is 0.967. The number of aldehydes is 1. The Kier molecular flexibility index (Phi) is 4.06. The van der Waals surface area contributed by atoms with Gasteiger partial charge in [0.1, 0.15) is 12.1 Å². The number of hydrogen-bond acceptors (Lipinski definition) is 2. The van der Waals surface area contributed by atoms with E-state index in [4.69, 9.17) is 5.26 Å². The first kappa shape index (κ1) is 10.9. The van der Waals surface area contributed by atoms with Crippen molar-refractivity contribution in [1.29, 1.82) is 5.26 Å². The first-order chi connectivity index (χ1) is 7.27. The minimum atomic E-state index is -0.435. The molecule has 0 bridgehead atoms. The van der Waals surface area contributed by atoms with Crippen molar-refractivity contribution >= 4 is 6.29 Å². The van der Waals surface area contributed by atoms with Crippen LogP contribution in [0.4, 0.5) is 4.39 Å². The number of hydrogen-bond donors (Lipinski definition) is 0. The van der Waals surface area contributed by atoms with Gasteiger partial charge in [-0.3, -0.25) is 0 Å². The van der Waals surface area contributed by atoms with E-state index in [1.807, 2.05) is 6.07 Å². The van der Waals surface area contributed by atoms with Crippen LogP contribution in [0.15, 0.2) is 18.2 Å². The molecule has 0 saturated heterocycles. The van der Waals surface area contributed by atoms with Crippen LogP contribution in [-0.4, -0.2) is 6.29 Å². The topological polar surface area (TPSA) is 40.9 Å². The van der Waals surface area contributed by atoms with E-state index in [1.54, 1.807) is 6.07 Å². The highest BCUT2D eigenvalue weighted by Crippen LogP contribution is 2.09. The molecule has 1 aromatic carbocycles. The van der Waals surface area contributed by atoms with E-state index in [0.717, 1.165) is 0 Å². The molecule has 0 heterocycles. The maximum atomic E-state index is 13.2. The maximum Gasteiger partial charge on any atom is 0.138 e. The second-order valence-electron chi connectivity index (χ2n) is 2.82. The van der Waals surface area contributed by atoms with Gasteiger partial charge in [0.05, 0.1) is 24.5 Å². The Morgan fingerprint density at radius 2 is 2.27 bits per heavy atom. The van der Waals surface area contributed by atoms with Gasteiger partial charge in [-0.15, -0.1) is 0 Å². The van der Waals surface area contributed by atoms with E-state index in [-0.39, 0.29) is 18.4 Å². The number of rotatable bonds is 2. The monoisotopic (exact) mass is 201 g/mol. The summed E-state index contributed by atoms with van der Waals surface area (Å²) in [7, 11) is 0. The van der Waals surface area contributed by atoms with Crippen molar-refractivity contribution in [2.75, 3.05) is 0 Å². The van der Waals surface area contributed by atoms with Crippen molar-refractivity contribution in [3.05, 3.63) is 35.1 Å². The highest BCUT2D eigenvalue weighted by Gasteiger charge is 2.00. The number of carbonyl (C=O) groups excluding carboxylic acids is 1. The molecule has 2 nitrogen and oxygen atoms in total. The normalized spacial score (nSPS) is 8.53. The van der Waals surface area contributed by atoms with Crippen LogP contribution in [0.2, 0.25) is 0 Å². The van der Waals surface area contributed by atoms with Crippen molar-refractivity contribution in [2.45, 2.75) is 12.8 Å². The molecule has 0 radical (unpaired) electrons. The molecule has 0 spiro atoms. The van der Waals surface area contributed by atoms with Crippen LogP contribution >= 0.6 is 0 Å². The Morgan fingerprint density at radius 3 is 2.93 bits per heavy atom. The van der Waals surface area contributed by atoms with Gasteiger partial charge in [-0.2, -0.15) is 5.26 Å². The fourth-order valence-corrected chi connectivity index (χ4v) is 1.06. The zero-order chi connectivity index (χ0) is 11.1. The molecule has 0 aliphatic heterocycles. The Morgan fingerprint density at radius 1 is 1.47 bits per heavy atom. The highest BCUT2D eigenvalue weighted by atomic mass is 19.1. The molecule has 0 aliphatic carbocycles. The summed E-state index contributed by atoms with van der Waals surface area (Å²) in [5, 5.41) is 8.47. The van der Waals surface area contributed by atoms with Crippen LogP contribution in [0.1, 0.15) is 17.5 Å². The fraction of sp³-hybridized carbons (Fsp3) is 0.167. The summed E-state index contributed by atoms with van der Waals surface area (Å²) in [4.78, 5) is 10.0. The number of nitriles is 1. The predicted molar refractivity (Wildman–Crippen MR) is 53.3 cm³/mol. The van der Waals surface area contributed by atoms with Gasteiger partial charge in [-0.05, 0) is 17.7 Å². The smallest absolute Gasteiger partial charge is 0.138 e. The van der Waals surface area contributed by atoms with Crippen LogP contribution in [-0.2, 0) is 11.2 Å². The molecule has 0 unspecified atom stereocenters. The minimum absolute atomic E-state index is 0.0852.